The van der Waals surface area contributed by atoms with Gasteiger partial charge in [0.05, 0.1) is 12.2 Å². The summed E-state index contributed by atoms with van der Waals surface area (Å²) in [5, 5.41) is 4.39. The Morgan fingerprint density at radius 2 is 2.04 bits per heavy atom. The Hall–Kier alpha value is -3.22. The highest BCUT2D eigenvalue weighted by atomic mass is 16.5. The third-order valence-electron chi connectivity index (χ3n) is 4.38. The van der Waals surface area contributed by atoms with Crippen LogP contribution in [0.5, 0.6) is 6.01 Å². The third kappa shape index (κ3) is 3.28. The Bertz CT molecular complexity index is 909. The number of hydrogen-bond acceptors (Lipinski definition) is 5. The smallest absolute Gasteiger partial charge is 0.316 e. The number of carbonyl (C=O) groups excluding carboxylic acids is 1. The number of carbonyl (C=O) groups is 1. The first kappa shape index (κ1) is 16.3. The van der Waals surface area contributed by atoms with Gasteiger partial charge in [0.2, 0.25) is 0 Å². The fraction of sp³-hybridized carbons (Fsp3) is 0.263. The van der Waals surface area contributed by atoms with E-state index < -0.39 is 0 Å². The maximum Gasteiger partial charge on any atom is 0.316 e. The van der Waals surface area contributed by atoms with Crippen molar-refractivity contribution in [2.24, 2.45) is 0 Å². The minimum absolute atomic E-state index is 0.0158. The summed E-state index contributed by atoms with van der Waals surface area (Å²) >= 11 is 0. The number of aromatic nitrogens is 4. The Kier molecular flexibility index (Phi) is 4.35. The van der Waals surface area contributed by atoms with E-state index in [-0.39, 0.29) is 11.9 Å². The van der Waals surface area contributed by atoms with Gasteiger partial charge in [-0.1, -0.05) is 17.7 Å². The van der Waals surface area contributed by atoms with Crippen LogP contribution in [0.4, 0.5) is 0 Å². The second-order valence-electron chi connectivity index (χ2n) is 6.32. The molecule has 132 valence electrons. The number of fused-ring (bicyclic) bond motifs is 1. The molecule has 0 radical (unpaired) electrons. The highest BCUT2D eigenvalue weighted by Gasteiger charge is 2.29. The average Bonchev–Trinajstić information content (AvgIpc) is 3.15. The molecule has 0 N–H and O–H groups in total. The van der Waals surface area contributed by atoms with Crippen LogP contribution in [0, 0.1) is 6.92 Å². The van der Waals surface area contributed by atoms with Gasteiger partial charge >= 0.3 is 6.01 Å². The summed E-state index contributed by atoms with van der Waals surface area (Å²) in [6.45, 7) is 3.38. The number of rotatable bonds is 4. The van der Waals surface area contributed by atoms with Crippen molar-refractivity contribution in [3.8, 4) is 6.01 Å². The van der Waals surface area contributed by atoms with Crippen LogP contribution in [0.15, 0.2) is 55.0 Å². The van der Waals surface area contributed by atoms with Gasteiger partial charge in [-0.05, 0) is 31.2 Å². The quantitative estimate of drug-likeness (QED) is 0.722. The predicted octanol–water partition coefficient (Wildman–Crippen LogP) is 2.26. The molecule has 0 spiro atoms. The number of benzene rings is 1. The first-order valence-electron chi connectivity index (χ1n) is 8.49. The fourth-order valence-corrected chi connectivity index (χ4v) is 3.16. The van der Waals surface area contributed by atoms with Crippen LogP contribution in [0.2, 0.25) is 0 Å². The van der Waals surface area contributed by atoms with E-state index in [1.54, 1.807) is 24.7 Å². The molecule has 3 aromatic rings. The van der Waals surface area contributed by atoms with Crippen LogP contribution in [0.1, 0.15) is 27.7 Å². The first-order valence-corrected chi connectivity index (χ1v) is 8.49. The van der Waals surface area contributed by atoms with Crippen LogP contribution in [0.3, 0.4) is 0 Å². The zero-order chi connectivity index (χ0) is 17.9. The van der Waals surface area contributed by atoms with Crippen molar-refractivity contribution in [2.75, 3.05) is 13.2 Å². The number of hydrogen-bond donors (Lipinski definition) is 0. The van der Waals surface area contributed by atoms with Crippen molar-refractivity contribution in [1.82, 2.24) is 24.6 Å². The highest BCUT2D eigenvalue weighted by Crippen LogP contribution is 2.23. The SMILES string of the molecule is Cc1cccc(C(=O)N2Cc3ccnn3[C@@H](COc3ncccn3)C2)c1. The van der Waals surface area contributed by atoms with Gasteiger partial charge < -0.3 is 9.64 Å². The van der Waals surface area contributed by atoms with Crippen LogP contribution in [-0.4, -0.2) is 43.7 Å². The predicted molar refractivity (Wildman–Crippen MR) is 94.7 cm³/mol. The monoisotopic (exact) mass is 349 g/mol. The topological polar surface area (TPSA) is 73.1 Å². The van der Waals surface area contributed by atoms with E-state index >= 15 is 0 Å². The van der Waals surface area contributed by atoms with Crippen molar-refractivity contribution in [1.29, 1.82) is 0 Å². The maximum atomic E-state index is 12.9. The molecule has 1 amide bonds. The molecule has 2 aromatic heterocycles. The zero-order valence-electron chi connectivity index (χ0n) is 14.4. The standard InChI is InChI=1S/C19H19N5O2/c1-14-4-2-5-15(10-14)18(25)23-11-16-6-9-22-24(16)17(12-23)13-26-19-20-7-3-8-21-19/h2-10,17H,11-13H2,1H3/t17-/m1/s1. The molecule has 1 aliphatic heterocycles. The third-order valence-corrected chi connectivity index (χ3v) is 4.38. The van der Waals surface area contributed by atoms with E-state index in [0.29, 0.717) is 31.3 Å². The molecule has 1 aliphatic rings. The summed E-state index contributed by atoms with van der Waals surface area (Å²) in [6, 6.07) is 11.6. The molecule has 0 saturated heterocycles. The van der Waals surface area contributed by atoms with Gasteiger partial charge in [-0.2, -0.15) is 5.10 Å². The van der Waals surface area contributed by atoms with Gasteiger partial charge in [-0.15, -0.1) is 0 Å². The number of aryl methyl sites for hydroxylation is 1. The molecule has 0 fully saturated rings. The van der Waals surface area contributed by atoms with E-state index in [4.69, 9.17) is 4.74 Å². The van der Waals surface area contributed by atoms with Gasteiger partial charge in [0.1, 0.15) is 12.6 Å². The maximum absolute atomic E-state index is 12.9. The van der Waals surface area contributed by atoms with Gasteiger partial charge in [0.15, 0.2) is 0 Å². The number of nitrogens with zero attached hydrogens (tertiary/aromatic N) is 5. The van der Waals surface area contributed by atoms with E-state index in [1.807, 2.05) is 46.8 Å². The average molecular weight is 349 g/mol. The van der Waals surface area contributed by atoms with E-state index in [0.717, 1.165) is 11.3 Å². The van der Waals surface area contributed by atoms with Crippen molar-refractivity contribution < 1.29 is 9.53 Å². The lowest BCUT2D eigenvalue weighted by Crippen LogP contribution is -2.43. The Morgan fingerprint density at radius 1 is 1.19 bits per heavy atom. The summed E-state index contributed by atoms with van der Waals surface area (Å²) in [5.41, 5.74) is 2.75. The summed E-state index contributed by atoms with van der Waals surface area (Å²) < 4.78 is 7.62. The fourth-order valence-electron chi connectivity index (χ4n) is 3.16. The largest absolute Gasteiger partial charge is 0.461 e. The second kappa shape index (κ2) is 6.95. The second-order valence-corrected chi connectivity index (χ2v) is 6.32. The Labute approximate surface area is 151 Å². The van der Waals surface area contributed by atoms with E-state index in [2.05, 4.69) is 15.1 Å². The van der Waals surface area contributed by atoms with Crippen molar-refractivity contribution in [2.45, 2.75) is 19.5 Å². The molecule has 26 heavy (non-hydrogen) atoms. The summed E-state index contributed by atoms with van der Waals surface area (Å²) in [4.78, 5) is 22.9. The van der Waals surface area contributed by atoms with Crippen molar-refractivity contribution >= 4 is 5.91 Å². The van der Waals surface area contributed by atoms with Gasteiger partial charge in [-0.25, -0.2) is 9.97 Å². The van der Waals surface area contributed by atoms with Crippen LogP contribution < -0.4 is 4.74 Å². The van der Waals surface area contributed by atoms with Crippen molar-refractivity contribution in [3.63, 3.8) is 0 Å². The molecule has 0 saturated carbocycles. The molecule has 7 nitrogen and oxygen atoms in total. The first-order chi connectivity index (χ1) is 12.7. The van der Waals surface area contributed by atoms with Gasteiger partial charge in [-0.3, -0.25) is 9.48 Å². The lowest BCUT2D eigenvalue weighted by Gasteiger charge is -2.33. The highest BCUT2D eigenvalue weighted by molar-refractivity contribution is 5.94. The molecule has 0 unspecified atom stereocenters. The van der Waals surface area contributed by atoms with Gasteiger partial charge in [0.25, 0.3) is 5.91 Å². The number of amides is 1. The molecule has 0 bridgehead atoms. The molecule has 4 rings (SSSR count). The zero-order valence-corrected chi connectivity index (χ0v) is 14.4. The van der Waals surface area contributed by atoms with Crippen LogP contribution >= 0.6 is 0 Å². The Morgan fingerprint density at radius 3 is 2.85 bits per heavy atom. The van der Waals surface area contributed by atoms with Crippen LogP contribution in [-0.2, 0) is 6.54 Å². The van der Waals surface area contributed by atoms with E-state index in [9.17, 15) is 4.79 Å². The van der Waals surface area contributed by atoms with E-state index in [1.165, 1.54) is 0 Å². The minimum Gasteiger partial charge on any atom is -0.461 e. The number of ether oxygens (including phenoxy) is 1. The van der Waals surface area contributed by atoms with Crippen LogP contribution in [0.25, 0.3) is 0 Å². The molecule has 7 heteroatoms. The summed E-state index contributed by atoms with van der Waals surface area (Å²) in [6.07, 6.45) is 5.02. The summed E-state index contributed by atoms with van der Waals surface area (Å²) in [5.74, 6) is 0.0158. The molecular formula is C19H19N5O2. The lowest BCUT2D eigenvalue weighted by atomic mass is 10.1. The Balaban J connectivity index is 1.53. The molecule has 1 aromatic carbocycles. The molecular weight excluding hydrogens is 330 g/mol. The molecule has 3 heterocycles. The van der Waals surface area contributed by atoms with Gasteiger partial charge in [0, 0.05) is 30.7 Å². The van der Waals surface area contributed by atoms with Crippen molar-refractivity contribution in [3.05, 3.63) is 71.8 Å². The molecule has 0 aliphatic carbocycles. The summed E-state index contributed by atoms with van der Waals surface area (Å²) in [7, 11) is 0. The molecule has 1 atom stereocenters. The minimum atomic E-state index is -0.0914. The lowest BCUT2D eigenvalue weighted by molar-refractivity contribution is 0.0629. The normalized spacial score (nSPS) is 16.2.